The molecule has 1 aromatic heterocycles. The van der Waals surface area contributed by atoms with Crippen LogP contribution in [0.5, 0.6) is 0 Å². The highest BCUT2D eigenvalue weighted by Gasteiger charge is 2.21. The van der Waals surface area contributed by atoms with Crippen molar-refractivity contribution in [3.8, 4) is 11.4 Å². The van der Waals surface area contributed by atoms with E-state index in [9.17, 15) is 4.79 Å². The lowest BCUT2D eigenvalue weighted by Crippen LogP contribution is -2.45. The van der Waals surface area contributed by atoms with Gasteiger partial charge in [0.05, 0.1) is 5.56 Å². The Morgan fingerprint density at radius 3 is 2.68 bits per heavy atom. The van der Waals surface area contributed by atoms with Crippen LogP contribution in [-0.4, -0.2) is 46.0 Å². The van der Waals surface area contributed by atoms with Gasteiger partial charge in [-0.3, -0.25) is 4.79 Å². The molecule has 1 aliphatic rings. The van der Waals surface area contributed by atoms with Crippen molar-refractivity contribution in [3.63, 3.8) is 0 Å². The molecule has 0 atom stereocenters. The Labute approximate surface area is 184 Å². The number of carbonyl (C=O) groups excluding carboxylic acids is 1. The van der Waals surface area contributed by atoms with Gasteiger partial charge < -0.3 is 20.5 Å². The van der Waals surface area contributed by atoms with Gasteiger partial charge in [-0.25, -0.2) is 4.98 Å². The number of nitrogens with two attached hydrogens (primary N) is 1. The van der Waals surface area contributed by atoms with E-state index in [0.717, 1.165) is 62.4 Å². The monoisotopic (exact) mass is 417 g/mol. The van der Waals surface area contributed by atoms with Crippen molar-refractivity contribution in [2.24, 2.45) is 0 Å². The first-order valence-corrected chi connectivity index (χ1v) is 11.1. The number of piperidine rings is 1. The van der Waals surface area contributed by atoms with Crippen LogP contribution in [0.1, 0.15) is 35.2 Å². The number of amides is 1. The Balaban J connectivity index is 1.22. The molecule has 2 heterocycles. The van der Waals surface area contributed by atoms with E-state index < -0.39 is 0 Å². The fourth-order valence-corrected chi connectivity index (χ4v) is 4.23. The molecule has 0 radical (unpaired) electrons. The van der Waals surface area contributed by atoms with E-state index in [1.807, 2.05) is 43.5 Å². The van der Waals surface area contributed by atoms with Crippen LogP contribution in [0, 0.1) is 6.92 Å². The molecule has 2 aromatic carbocycles. The lowest BCUT2D eigenvalue weighted by Gasteiger charge is -2.32. The van der Waals surface area contributed by atoms with E-state index in [0.29, 0.717) is 11.3 Å². The zero-order valence-electron chi connectivity index (χ0n) is 18.1. The van der Waals surface area contributed by atoms with Crippen molar-refractivity contribution >= 4 is 11.6 Å². The number of nitrogen functional groups attached to an aromatic ring is 1. The Morgan fingerprint density at radius 2 is 1.90 bits per heavy atom. The first-order valence-electron chi connectivity index (χ1n) is 11.1. The minimum Gasteiger partial charge on any atom is -0.398 e. The number of benzene rings is 2. The highest BCUT2D eigenvalue weighted by Crippen LogP contribution is 2.18. The summed E-state index contributed by atoms with van der Waals surface area (Å²) in [5, 5.41) is 3.17. The number of aryl methyl sites for hydroxylation is 2. The average Bonchev–Trinajstić information content (AvgIpc) is 3.26. The van der Waals surface area contributed by atoms with Crippen molar-refractivity contribution in [1.29, 1.82) is 0 Å². The maximum atomic E-state index is 12.6. The van der Waals surface area contributed by atoms with E-state index >= 15 is 0 Å². The predicted octanol–water partition coefficient (Wildman–Crippen LogP) is 3.73. The van der Waals surface area contributed by atoms with Crippen molar-refractivity contribution in [1.82, 2.24) is 19.8 Å². The van der Waals surface area contributed by atoms with Crippen LogP contribution in [0.2, 0.25) is 0 Å². The quantitative estimate of drug-likeness (QED) is 0.575. The Hall–Kier alpha value is -3.12. The second-order valence-electron chi connectivity index (χ2n) is 8.34. The van der Waals surface area contributed by atoms with Crippen LogP contribution in [-0.2, 0) is 6.54 Å². The summed E-state index contributed by atoms with van der Waals surface area (Å²) in [5.41, 5.74) is 9.30. The lowest BCUT2D eigenvalue weighted by atomic mass is 10.0. The maximum absolute atomic E-state index is 12.6. The molecule has 31 heavy (non-hydrogen) atoms. The summed E-state index contributed by atoms with van der Waals surface area (Å²) in [4.78, 5) is 19.6. The van der Waals surface area contributed by atoms with Gasteiger partial charge in [0.25, 0.3) is 5.91 Å². The van der Waals surface area contributed by atoms with Gasteiger partial charge in [0.1, 0.15) is 5.82 Å². The third kappa shape index (κ3) is 5.33. The highest BCUT2D eigenvalue weighted by atomic mass is 16.1. The zero-order valence-corrected chi connectivity index (χ0v) is 18.1. The van der Waals surface area contributed by atoms with Gasteiger partial charge in [-0.05, 0) is 44.9 Å². The topological polar surface area (TPSA) is 76.2 Å². The predicted molar refractivity (Wildman–Crippen MR) is 125 cm³/mol. The Morgan fingerprint density at radius 1 is 1.13 bits per heavy atom. The van der Waals surface area contributed by atoms with Gasteiger partial charge in [-0.15, -0.1) is 0 Å². The molecule has 6 nitrogen and oxygen atoms in total. The van der Waals surface area contributed by atoms with Crippen LogP contribution in [0.25, 0.3) is 11.4 Å². The molecule has 6 heteroatoms. The molecule has 0 spiro atoms. The normalized spacial score (nSPS) is 15.1. The molecule has 3 aromatic rings. The van der Waals surface area contributed by atoms with Crippen molar-refractivity contribution in [2.45, 2.75) is 38.8 Å². The summed E-state index contributed by atoms with van der Waals surface area (Å²) in [6, 6.07) is 16.1. The van der Waals surface area contributed by atoms with Crippen LogP contribution in [0.3, 0.4) is 0 Å². The fourth-order valence-electron chi connectivity index (χ4n) is 4.23. The maximum Gasteiger partial charge on any atom is 0.253 e. The number of aromatic nitrogens is 2. The average molecular weight is 418 g/mol. The van der Waals surface area contributed by atoms with Crippen LogP contribution < -0.4 is 11.1 Å². The molecule has 0 unspecified atom stereocenters. The van der Waals surface area contributed by atoms with Gasteiger partial charge in [0.2, 0.25) is 0 Å². The number of carbonyl (C=O) groups is 1. The minimum absolute atomic E-state index is 0.0619. The third-order valence-electron chi connectivity index (χ3n) is 6.00. The first-order chi connectivity index (χ1) is 15.1. The zero-order chi connectivity index (χ0) is 21.6. The summed E-state index contributed by atoms with van der Waals surface area (Å²) in [7, 11) is 0. The molecule has 1 saturated heterocycles. The summed E-state index contributed by atoms with van der Waals surface area (Å²) >= 11 is 0. The molecule has 3 N–H and O–H groups in total. The second kappa shape index (κ2) is 9.79. The summed E-state index contributed by atoms with van der Waals surface area (Å²) in [6.07, 6.45) is 6.95. The van der Waals surface area contributed by atoms with Crippen LogP contribution in [0.4, 0.5) is 5.69 Å². The number of nitrogens with zero attached hydrogens (tertiary/aromatic N) is 3. The number of nitrogens with one attached hydrogen (secondary N) is 1. The molecule has 162 valence electrons. The van der Waals surface area contributed by atoms with Crippen LogP contribution >= 0.6 is 0 Å². The number of hydrogen-bond acceptors (Lipinski definition) is 4. The van der Waals surface area contributed by atoms with Gasteiger partial charge in [0.15, 0.2) is 0 Å². The van der Waals surface area contributed by atoms with Crippen molar-refractivity contribution < 1.29 is 4.79 Å². The number of rotatable bonds is 7. The third-order valence-corrected chi connectivity index (χ3v) is 6.00. The van der Waals surface area contributed by atoms with Crippen molar-refractivity contribution in [2.75, 3.05) is 25.4 Å². The smallest absolute Gasteiger partial charge is 0.253 e. The molecule has 1 aliphatic heterocycles. The van der Waals surface area contributed by atoms with Gasteiger partial charge in [-0.1, -0.05) is 42.0 Å². The molecule has 0 saturated carbocycles. The van der Waals surface area contributed by atoms with E-state index in [2.05, 4.69) is 38.1 Å². The number of imidazole rings is 1. The molecule has 0 aliphatic carbocycles. The number of anilines is 1. The Bertz CT molecular complexity index is 1010. The van der Waals surface area contributed by atoms with E-state index in [-0.39, 0.29) is 11.9 Å². The molecule has 1 fully saturated rings. The van der Waals surface area contributed by atoms with E-state index in [1.54, 1.807) is 6.07 Å². The summed E-state index contributed by atoms with van der Waals surface area (Å²) in [5.74, 6) is 0.964. The minimum atomic E-state index is -0.0619. The SMILES string of the molecule is Cc1ccc(N)c(C(=O)NC2CCN(CCCn3ccnc3-c3ccccc3)CC2)c1. The van der Waals surface area contributed by atoms with E-state index in [1.165, 1.54) is 0 Å². The largest absolute Gasteiger partial charge is 0.398 e. The van der Waals surface area contributed by atoms with E-state index in [4.69, 9.17) is 5.73 Å². The molecular formula is C25H31N5O. The fraction of sp³-hybridized carbons (Fsp3) is 0.360. The van der Waals surface area contributed by atoms with Gasteiger partial charge in [0, 0.05) is 49.3 Å². The van der Waals surface area contributed by atoms with Crippen molar-refractivity contribution in [3.05, 3.63) is 72.1 Å². The lowest BCUT2D eigenvalue weighted by molar-refractivity contribution is 0.0911. The Kier molecular flexibility index (Phi) is 6.67. The van der Waals surface area contributed by atoms with Gasteiger partial charge in [-0.2, -0.15) is 0 Å². The summed E-state index contributed by atoms with van der Waals surface area (Å²) < 4.78 is 2.23. The number of hydrogen-bond donors (Lipinski definition) is 2. The molecule has 4 rings (SSSR count). The summed E-state index contributed by atoms with van der Waals surface area (Å²) in [6.45, 7) is 5.99. The highest BCUT2D eigenvalue weighted by molar-refractivity contribution is 5.99. The van der Waals surface area contributed by atoms with Crippen LogP contribution in [0.15, 0.2) is 60.9 Å². The standard InChI is InChI=1S/C25H31N5O/c1-19-8-9-23(26)22(18-19)25(31)28-21-10-15-29(16-11-21)13-5-14-30-17-12-27-24(30)20-6-3-2-4-7-20/h2-4,6-9,12,17-18,21H,5,10-11,13-16,26H2,1H3,(H,28,31). The molecule has 0 bridgehead atoms. The van der Waals surface area contributed by atoms with Gasteiger partial charge >= 0.3 is 0 Å². The molecular weight excluding hydrogens is 386 g/mol. The number of likely N-dealkylation sites (tertiary alicyclic amines) is 1. The molecule has 1 amide bonds. The first kappa shape index (κ1) is 21.1. The second-order valence-corrected chi connectivity index (χ2v) is 8.34.